The Labute approximate surface area is 248 Å². The van der Waals surface area contributed by atoms with Crippen LogP contribution in [0.5, 0.6) is 0 Å². The van der Waals surface area contributed by atoms with Crippen molar-refractivity contribution in [2.45, 2.75) is 194 Å². The summed E-state index contributed by atoms with van der Waals surface area (Å²) >= 11 is 0. The second kappa shape index (κ2) is 25.6. The summed E-state index contributed by atoms with van der Waals surface area (Å²) in [5.41, 5.74) is 0. The van der Waals surface area contributed by atoms with Gasteiger partial charge in [-0.3, -0.25) is 9.59 Å². The number of hydrogen-bond donors (Lipinski definition) is 2. The van der Waals surface area contributed by atoms with Gasteiger partial charge in [-0.2, -0.15) is 0 Å². The average molecular weight is 565 g/mol. The number of carboxylic acid groups (broad SMARTS) is 2. The maximum Gasteiger partial charge on any atom is 0.303 e. The molecule has 0 aromatic heterocycles. The summed E-state index contributed by atoms with van der Waals surface area (Å²) in [6.45, 7) is 4.64. The lowest BCUT2D eigenvalue weighted by Crippen LogP contribution is -2.35. The van der Waals surface area contributed by atoms with E-state index in [9.17, 15) is 9.59 Å². The van der Waals surface area contributed by atoms with Gasteiger partial charge >= 0.3 is 11.9 Å². The Bertz CT molecular complexity index is 604. The van der Waals surface area contributed by atoms with Crippen LogP contribution in [0, 0.1) is 23.7 Å². The molecule has 4 atom stereocenters. The fourth-order valence-corrected chi connectivity index (χ4v) is 7.57. The first-order valence-corrected chi connectivity index (χ1v) is 17.9. The van der Waals surface area contributed by atoms with Crippen molar-refractivity contribution in [1.29, 1.82) is 0 Å². The van der Waals surface area contributed by atoms with Gasteiger partial charge in [0.05, 0.1) is 0 Å². The van der Waals surface area contributed by atoms with E-state index in [0.717, 1.165) is 49.4 Å². The lowest BCUT2D eigenvalue weighted by molar-refractivity contribution is -0.138. The number of carbonyl (C=O) groups is 2. The number of rotatable bonds is 28. The lowest BCUT2D eigenvalue weighted by Gasteiger charge is -2.44. The van der Waals surface area contributed by atoms with E-state index < -0.39 is 11.9 Å². The molecule has 40 heavy (non-hydrogen) atoms. The molecule has 4 unspecified atom stereocenters. The maximum atomic E-state index is 10.8. The summed E-state index contributed by atoms with van der Waals surface area (Å²) in [6, 6.07) is 0. The Morgan fingerprint density at radius 3 is 1.10 bits per heavy atom. The van der Waals surface area contributed by atoms with Gasteiger partial charge in [0.2, 0.25) is 0 Å². The van der Waals surface area contributed by atoms with Gasteiger partial charge in [-0.25, -0.2) is 0 Å². The topological polar surface area (TPSA) is 74.6 Å². The van der Waals surface area contributed by atoms with Crippen LogP contribution in [-0.4, -0.2) is 22.2 Å². The van der Waals surface area contributed by atoms with Crippen LogP contribution in [0.3, 0.4) is 0 Å². The van der Waals surface area contributed by atoms with Gasteiger partial charge in [0.25, 0.3) is 0 Å². The van der Waals surface area contributed by atoms with Crippen molar-refractivity contribution < 1.29 is 19.8 Å². The van der Waals surface area contributed by atoms with Gasteiger partial charge in [0.1, 0.15) is 0 Å². The van der Waals surface area contributed by atoms with Crippen LogP contribution in [-0.2, 0) is 9.59 Å². The number of carboxylic acids is 2. The molecule has 1 aliphatic carbocycles. The third kappa shape index (κ3) is 19.1. The van der Waals surface area contributed by atoms with Gasteiger partial charge in [-0.15, -0.1) is 0 Å². The molecule has 0 amide bonds. The van der Waals surface area contributed by atoms with Crippen molar-refractivity contribution in [3.63, 3.8) is 0 Å². The van der Waals surface area contributed by atoms with E-state index in [1.165, 1.54) is 141 Å². The van der Waals surface area contributed by atoms with E-state index in [0.29, 0.717) is 12.8 Å². The zero-order valence-electron chi connectivity index (χ0n) is 26.8. The Hall–Kier alpha value is -1.06. The van der Waals surface area contributed by atoms with Crippen molar-refractivity contribution in [2.75, 3.05) is 0 Å². The largest absolute Gasteiger partial charge is 0.481 e. The fourth-order valence-electron chi connectivity index (χ4n) is 7.57. The molecule has 0 aliphatic heterocycles. The summed E-state index contributed by atoms with van der Waals surface area (Å²) in [7, 11) is 0. The second-order valence-corrected chi connectivity index (χ2v) is 13.2. The normalized spacial score (nSPS) is 21.1. The van der Waals surface area contributed by atoms with Crippen molar-refractivity contribution in [2.24, 2.45) is 23.7 Å². The van der Waals surface area contributed by atoms with Crippen LogP contribution in [0.2, 0.25) is 0 Å². The number of hydrogen-bond acceptors (Lipinski definition) is 2. The summed E-state index contributed by atoms with van der Waals surface area (Å²) in [6.07, 6.45) is 34.4. The molecule has 0 saturated heterocycles. The predicted molar refractivity (Wildman–Crippen MR) is 170 cm³/mol. The Balaban J connectivity index is 2.64. The smallest absolute Gasteiger partial charge is 0.303 e. The van der Waals surface area contributed by atoms with Crippen molar-refractivity contribution in [1.82, 2.24) is 0 Å². The summed E-state index contributed by atoms with van der Waals surface area (Å²) in [5.74, 6) is 2.38. The van der Waals surface area contributed by atoms with E-state index in [-0.39, 0.29) is 0 Å². The molecule has 1 saturated carbocycles. The van der Waals surface area contributed by atoms with Crippen molar-refractivity contribution in [3.05, 3.63) is 0 Å². The van der Waals surface area contributed by atoms with Gasteiger partial charge in [0.15, 0.2) is 0 Å². The van der Waals surface area contributed by atoms with Crippen LogP contribution in [0.4, 0.5) is 0 Å². The minimum atomic E-state index is -0.659. The van der Waals surface area contributed by atoms with Gasteiger partial charge < -0.3 is 10.2 Å². The molecule has 0 radical (unpaired) electrons. The standard InChI is InChI=1S/C36H68O4/c1-3-5-7-17-23-31-29-30-32(24-18-13-12-16-22-28-36(39)40)34(33(31)25-19-8-6-4-2)26-20-14-10-9-11-15-21-27-35(37)38/h31-34H,3-30H2,1-2H3,(H,37,38)(H,39,40). The summed E-state index contributed by atoms with van der Waals surface area (Å²) in [4.78, 5) is 21.5. The number of aliphatic carboxylic acids is 2. The highest BCUT2D eigenvalue weighted by molar-refractivity contribution is 5.66. The molecule has 236 valence electrons. The molecule has 1 aliphatic rings. The van der Waals surface area contributed by atoms with Crippen LogP contribution < -0.4 is 0 Å². The second-order valence-electron chi connectivity index (χ2n) is 13.2. The highest BCUT2D eigenvalue weighted by Gasteiger charge is 2.37. The van der Waals surface area contributed by atoms with Crippen molar-refractivity contribution in [3.8, 4) is 0 Å². The first-order chi connectivity index (χ1) is 19.5. The quantitative estimate of drug-likeness (QED) is 0.0927. The summed E-state index contributed by atoms with van der Waals surface area (Å²) in [5, 5.41) is 17.7. The van der Waals surface area contributed by atoms with E-state index in [1.54, 1.807) is 0 Å². The molecular weight excluding hydrogens is 496 g/mol. The van der Waals surface area contributed by atoms with Crippen molar-refractivity contribution >= 4 is 11.9 Å². The lowest BCUT2D eigenvalue weighted by atomic mass is 9.61. The van der Waals surface area contributed by atoms with Crippen LogP contribution >= 0.6 is 0 Å². The third-order valence-electron chi connectivity index (χ3n) is 9.88. The predicted octanol–water partition coefficient (Wildman–Crippen LogP) is 11.6. The highest BCUT2D eigenvalue weighted by atomic mass is 16.4. The molecular formula is C36H68O4. The molecule has 0 bridgehead atoms. The molecule has 0 aromatic rings. The molecule has 0 aromatic carbocycles. The minimum Gasteiger partial charge on any atom is -0.481 e. The van der Waals surface area contributed by atoms with Crippen LogP contribution in [0.25, 0.3) is 0 Å². The van der Waals surface area contributed by atoms with Crippen LogP contribution in [0.15, 0.2) is 0 Å². The third-order valence-corrected chi connectivity index (χ3v) is 9.88. The monoisotopic (exact) mass is 565 g/mol. The number of unbranched alkanes of at least 4 members (excludes halogenated alkanes) is 16. The van der Waals surface area contributed by atoms with E-state index in [2.05, 4.69) is 13.8 Å². The van der Waals surface area contributed by atoms with E-state index in [1.807, 2.05) is 0 Å². The highest BCUT2D eigenvalue weighted by Crippen LogP contribution is 2.47. The Kier molecular flexibility index (Phi) is 23.7. The zero-order chi connectivity index (χ0) is 29.3. The molecule has 2 N–H and O–H groups in total. The minimum absolute atomic E-state index is 0.324. The molecule has 1 rings (SSSR count). The SMILES string of the molecule is CCCCCCC1CCC(CCCCCCCC(=O)O)C(CCCCCCCCCC(=O)O)C1CCCCCC. The first kappa shape index (κ1) is 37.0. The Morgan fingerprint density at radius 2 is 0.750 bits per heavy atom. The zero-order valence-corrected chi connectivity index (χ0v) is 26.8. The summed E-state index contributed by atoms with van der Waals surface area (Å²) < 4.78 is 0. The molecule has 4 heteroatoms. The van der Waals surface area contributed by atoms with E-state index >= 15 is 0 Å². The van der Waals surface area contributed by atoms with Crippen LogP contribution in [0.1, 0.15) is 194 Å². The van der Waals surface area contributed by atoms with Gasteiger partial charge in [0, 0.05) is 12.8 Å². The Morgan fingerprint density at radius 1 is 0.450 bits per heavy atom. The molecule has 1 fully saturated rings. The average Bonchev–Trinajstić information content (AvgIpc) is 2.93. The molecule has 4 nitrogen and oxygen atoms in total. The van der Waals surface area contributed by atoms with Gasteiger partial charge in [-0.05, 0) is 62.2 Å². The van der Waals surface area contributed by atoms with E-state index in [4.69, 9.17) is 10.2 Å². The fraction of sp³-hybridized carbons (Fsp3) is 0.944. The van der Waals surface area contributed by atoms with Gasteiger partial charge in [-0.1, -0.05) is 142 Å². The molecule has 0 spiro atoms. The maximum absolute atomic E-state index is 10.8. The first-order valence-electron chi connectivity index (χ1n) is 17.9. The molecule has 0 heterocycles.